The molecule has 0 spiro atoms. The number of halogens is 2. The van der Waals surface area contributed by atoms with Gasteiger partial charge in [-0.25, -0.2) is 17.2 Å². The van der Waals surface area contributed by atoms with Crippen molar-refractivity contribution >= 4 is 21.6 Å². The van der Waals surface area contributed by atoms with Crippen molar-refractivity contribution in [2.75, 3.05) is 18.5 Å². The molecule has 2 aromatic carbocycles. The van der Waals surface area contributed by atoms with Crippen LogP contribution in [0.1, 0.15) is 6.92 Å². The molecule has 1 amide bonds. The molecule has 2 rings (SSSR count). The fourth-order valence-corrected chi connectivity index (χ4v) is 3.10. The average Bonchev–Trinajstić information content (AvgIpc) is 2.57. The van der Waals surface area contributed by atoms with E-state index in [1.165, 1.54) is 6.92 Å². The van der Waals surface area contributed by atoms with Crippen molar-refractivity contribution in [3.8, 4) is 17.6 Å². The predicted molar refractivity (Wildman–Crippen MR) is 95.6 cm³/mol. The van der Waals surface area contributed by atoms with Crippen molar-refractivity contribution in [1.82, 2.24) is 4.72 Å². The number of rotatable bonds is 6. The largest absolute Gasteiger partial charge is 0.481 e. The van der Waals surface area contributed by atoms with Gasteiger partial charge in [0.25, 0.3) is 0 Å². The highest BCUT2D eigenvalue weighted by Crippen LogP contribution is 2.18. The molecule has 0 atom stereocenters. The van der Waals surface area contributed by atoms with Gasteiger partial charge >= 0.3 is 0 Å². The van der Waals surface area contributed by atoms with Gasteiger partial charge in [-0.1, -0.05) is 24.0 Å². The summed E-state index contributed by atoms with van der Waals surface area (Å²) in [5.41, 5.74) is 0.563. The van der Waals surface area contributed by atoms with Crippen LogP contribution in [0.3, 0.4) is 0 Å². The first-order valence-electron chi connectivity index (χ1n) is 7.69. The molecular weight excluding hydrogens is 378 g/mol. The molecule has 6 nitrogen and oxygen atoms in total. The predicted octanol–water partition coefficient (Wildman–Crippen LogP) is 2.28. The van der Waals surface area contributed by atoms with Gasteiger partial charge in [-0.15, -0.1) is 0 Å². The van der Waals surface area contributed by atoms with E-state index in [1.54, 1.807) is 24.3 Å². The Hall–Kier alpha value is -2.96. The van der Waals surface area contributed by atoms with Crippen molar-refractivity contribution in [3.63, 3.8) is 0 Å². The van der Waals surface area contributed by atoms with Crippen molar-refractivity contribution in [2.45, 2.75) is 11.8 Å². The minimum absolute atomic E-state index is 0.0423. The van der Waals surface area contributed by atoms with Gasteiger partial charge in [0.05, 0.1) is 6.54 Å². The highest BCUT2D eigenvalue weighted by Gasteiger charge is 2.22. The molecule has 0 aliphatic carbocycles. The zero-order valence-corrected chi connectivity index (χ0v) is 15.1. The van der Waals surface area contributed by atoms with Gasteiger partial charge < -0.3 is 10.1 Å². The molecule has 9 heteroatoms. The van der Waals surface area contributed by atoms with Crippen LogP contribution in [-0.2, 0) is 14.8 Å². The second-order valence-corrected chi connectivity index (χ2v) is 6.93. The molecule has 0 unspecified atom stereocenters. The smallest absolute Gasteiger partial charge is 0.247 e. The normalized spacial score (nSPS) is 10.6. The molecule has 0 fully saturated rings. The van der Waals surface area contributed by atoms with Crippen molar-refractivity contribution in [1.29, 1.82) is 0 Å². The minimum Gasteiger partial charge on any atom is -0.481 e. The maximum absolute atomic E-state index is 13.5. The van der Waals surface area contributed by atoms with E-state index < -0.39 is 26.6 Å². The zero-order valence-electron chi connectivity index (χ0n) is 14.3. The van der Waals surface area contributed by atoms with Gasteiger partial charge in [0, 0.05) is 18.7 Å². The SMILES string of the molecule is CC(=O)Nc1cccc(OCC#CCNS(=O)(=O)c2c(F)cccc2F)c1. The Labute approximate surface area is 155 Å². The number of sulfonamides is 1. The lowest BCUT2D eigenvalue weighted by Crippen LogP contribution is -2.26. The summed E-state index contributed by atoms with van der Waals surface area (Å²) in [7, 11) is -4.36. The summed E-state index contributed by atoms with van der Waals surface area (Å²) in [5.74, 6) is 2.94. The van der Waals surface area contributed by atoms with Crippen LogP contribution >= 0.6 is 0 Å². The molecule has 2 aromatic rings. The van der Waals surface area contributed by atoms with Crippen molar-refractivity contribution in [3.05, 3.63) is 54.1 Å². The van der Waals surface area contributed by atoms with Crippen LogP contribution in [0, 0.1) is 23.5 Å². The molecule has 0 saturated carbocycles. The van der Waals surface area contributed by atoms with Gasteiger partial charge in [-0.2, -0.15) is 4.72 Å². The molecule has 2 N–H and O–H groups in total. The summed E-state index contributed by atoms with van der Waals surface area (Å²) >= 11 is 0. The van der Waals surface area contributed by atoms with Gasteiger partial charge in [-0.05, 0) is 24.3 Å². The van der Waals surface area contributed by atoms with E-state index in [2.05, 4.69) is 17.2 Å². The number of ether oxygens (including phenoxy) is 1. The summed E-state index contributed by atoms with van der Waals surface area (Å²) in [5, 5.41) is 2.60. The second-order valence-electron chi connectivity index (χ2n) is 5.23. The third kappa shape index (κ3) is 6.06. The quantitative estimate of drug-likeness (QED) is 0.737. The van der Waals surface area contributed by atoms with E-state index in [0.29, 0.717) is 11.4 Å². The summed E-state index contributed by atoms with van der Waals surface area (Å²) in [6.45, 7) is 0.998. The Morgan fingerprint density at radius 3 is 2.44 bits per heavy atom. The van der Waals surface area contributed by atoms with E-state index in [4.69, 9.17) is 4.74 Å². The first-order chi connectivity index (χ1) is 12.8. The zero-order chi connectivity index (χ0) is 19.9. The Kier molecular flexibility index (Phi) is 6.87. The molecule has 27 heavy (non-hydrogen) atoms. The van der Waals surface area contributed by atoms with Crippen LogP contribution in [0.2, 0.25) is 0 Å². The fourth-order valence-electron chi connectivity index (χ4n) is 2.04. The molecule has 0 aliphatic heterocycles. The number of hydrogen-bond donors (Lipinski definition) is 2. The van der Waals surface area contributed by atoms with E-state index in [0.717, 1.165) is 18.2 Å². The summed E-state index contributed by atoms with van der Waals surface area (Å²) < 4.78 is 58.3. The lowest BCUT2D eigenvalue weighted by Gasteiger charge is -2.06. The molecule has 0 aromatic heterocycles. The number of carbonyl (C=O) groups is 1. The van der Waals surface area contributed by atoms with Gasteiger partial charge in [0.2, 0.25) is 15.9 Å². The minimum atomic E-state index is -4.36. The molecule has 0 saturated heterocycles. The lowest BCUT2D eigenvalue weighted by atomic mass is 10.3. The van der Waals surface area contributed by atoms with Crippen LogP contribution in [-0.4, -0.2) is 27.5 Å². The van der Waals surface area contributed by atoms with E-state index in [-0.39, 0.29) is 19.1 Å². The standard InChI is InChI=1S/C18H16F2N2O4S/c1-13(23)22-14-6-4-7-15(12-14)26-11-3-2-10-21-27(24,25)18-16(19)8-5-9-17(18)20/h4-9,12,21H,10-11H2,1H3,(H,22,23). The van der Waals surface area contributed by atoms with Crippen molar-refractivity contribution in [2.24, 2.45) is 0 Å². The number of carbonyl (C=O) groups excluding carboxylic acids is 1. The van der Waals surface area contributed by atoms with E-state index >= 15 is 0 Å². The Morgan fingerprint density at radius 1 is 1.11 bits per heavy atom. The Bertz CT molecular complexity index is 978. The maximum atomic E-state index is 13.5. The van der Waals surface area contributed by atoms with Crippen LogP contribution in [0.4, 0.5) is 14.5 Å². The molecule has 142 valence electrons. The topological polar surface area (TPSA) is 84.5 Å². The number of nitrogens with one attached hydrogen (secondary N) is 2. The second kappa shape index (κ2) is 9.12. The number of hydrogen-bond acceptors (Lipinski definition) is 4. The summed E-state index contributed by atoms with van der Waals surface area (Å²) in [4.78, 5) is 9.96. The Morgan fingerprint density at radius 2 is 1.78 bits per heavy atom. The van der Waals surface area contributed by atoms with Gasteiger partial charge in [0.15, 0.2) is 4.90 Å². The highest BCUT2D eigenvalue weighted by atomic mass is 32.2. The third-order valence-corrected chi connectivity index (χ3v) is 4.58. The lowest BCUT2D eigenvalue weighted by molar-refractivity contribution is -0.114. The number of anilines is 1. The summed E-state index contributed by atoms with van der Waals surface area (Å²) in [6, 6.07) is 9.42. The molecule has 0 bridgehead atoms. The maximum Gasteiger partial charge on any atom is 0.247 e. The third-order valence-electron chi connectivity index (χ3n) is 3.13. The first-order valence-corrected chi connectivity index (χ1v) is 9.18. The summed E-state index contributed by atoms with van der Waals surface area (Å²) in [6.07, 6.45) is 0. The monoisotopic (exact) mass is 394 g/mol. The van der Waals surface area contributed by atoms with E-state index in [9.17, 15) is 22.0 Å². The molecule has 0 aliphatic rings. The van der Waals surface area contributed by atoms with E-state index in [1.807, 2.05) is 4.72 Å². The number of amides is 1. The Balaban J connectivity index is 1.89. The van der Waals surface area contributed by atoms with Crippen LogP contribution in [0.15, 0.2) is 47.4 Å². The molecule has 0 radical (unpaired) electrons. The van der Waals surface area contributed by atoms with Gasteiger partial charge in [0.1, 0.15) is 24.0 Å². The number of benzene rings is 2. The highest BCUT2D eigenvalue weighted by molar-refractivity contribution is 7.89. The van der Waals surface area contributed by atoms with Crippen LogP contribution in [0.25, 0.3) is 0 Å². The molecule has 0 heterocycles. The van der Waals surface area contributed by atoms with Crippen LogP contribution < -0.4 is 14.8 Å². The first kappa shape index (κ1) is 20.4. The molecular formula is C18H16F2N2O4S. The fraction of sp³-hybridized carbons (Fsp3) is 0.167. The van der Waals surface area contributed by atoms with Gasteiger partial charge in [-0.3, -0.25) is 4.79 Å². The average molecular weight is 394 g/mol. The van der Waals surface area contributed by atoms with Crippen LogP contribution in [0.5, 0.6) is 5.75 Å². The van der Waals surface area contributed by atoms with Crippen molar-refractivity contribution < 1.29 is 26.7 Å².